The Kier molecular flexibility index (Phi) is 6.46. The second kappa shape index (κ2) is 9.82. The summed E-state index contributed by atoms with van der Waals surface area (Å²) in [6, 6.07) is 28.4. The SMILES string of the molecule is C=C(c1ccc(-c2cccc3cccnc23)cc1)N1CCN(Cc2ccc(C(C)C)cc2)CC1. The third-order valence-electron chi connectivity index (χ3n) is 6.97. The highest BCUT2D eigenvalue weighted by atomic mass is 15.3. The molecule has 0 spiro atoms. The van der Waals surface area contributed by atoms with Gasteiger partial charge in [0.25, 0.3) is 0 Å². The van der Waals surface area contributed by atoms with Gasteiger partial charge in [-0.3, -0.25) is 9.88 Å². The van der Waals surface area contributed by atoms with E-state index in [0.29, 0.717) is 5.92 Å². The Morgan fingerprint density at radius 3 is 2.26 bits per heavy atom. The molecular weight excluding hydrogens is 414 g/mol. The first kappa shape index (κ1) is 22.4. The van der Waals surface area contributed by atoms with Gasteiger partial charge in [0.05, 0.1) is 5.52 Å². The number of hydrogen-bond acceptors (Lipinski definition) is 3. The van der Waals surface area contributed by atoms with Gasteiger partial charge in [0.1, 0.15) is 0 Å². The molecular formula is C31H33N3. The van der Waals surface area contributed by atoms with Gasteiger partial charge < -0.3 is 4.90 Å². The maximum absolute atomic E-state index is 4.61. The molecule has 2 heterocycles. The van der Waals surface area contributed by atoms with E-state index >= 15 is 0 Å². The molecule has 0 unspecified atom stereocenters. The van der Waals surface area contributed by atoms with Crippen LogP contribution in [0, 0.1) is 0 Å². The van der Waals surface area contributed by atoms with E-state index in [-0.39, 0.29) is 0 Å². The minimum atomic E-state index is 0.585. The number of benzene rings is 3. The Bertz CT molecular complexity index is 1260. The van der Waals surface area contributed by atoms with Crippen LogP contribution in [0.25, 0.3) is 27.7 Å². The molecule has 0 bridgehead atoms. The quantitative estimate of drug-likeness (QED) is 0.323. The topological polar surface area (TPSA) is 19.4 Å². The van der Waals surface area contributed by atoms with Crippen molar-refractivity contribution >= 4 is 16.6 Å². The first-order valence-corrected chi connectivity index (χ1v) is 12.3. The Morgan fingerprint density at radius 2 is 1.56 bits per heavy atom. The van der Waals surface area contributed by atoms with Crippen molar-refractivity contribution in [2.24, 2.45) is 0 Å². The van der Waals surface area contributed by atoms with Gasteiger partial charge in [-0.15, -0.1) is 0 Å². The lowest BCUT2D eigenvalue weighted by Crippen LogP contribution is -2.44. The summed E-state index contributed by atoms with van der Waals surface area (Å²) in [4.78, 5) is 9.58. The Hall–Kier alpha value is -3.43. The van der Waals surface area contributed by atoms with Crippen molar-refractivity contribution in [3.05, 3.63) is 108 Å². The molecule has 3 aromatic carbocycles. The number of piperazine rings is 1. The van der Waals surface area contributed by atoms with Crippen LogP contribution in [0.1, 0.15) is 36.5 Å². The number of rotatable bonds is 6. The van der Waals surface area contributed by atoms with Crippen molar-refractivity contribution in [2.45, 2.75) is 26.3 Å². The van der Waals surface area contributed by atoms with Crippen LogP contribution in [0.2, 0.25) is 0 Å². The molecule has 1 aliphatic heterocycles. The summed E-state index contributed by atoms with van der Waals surface area (Å²) in [7, 11) is 0. The van der Waals surface area contributed by atoms with Gasteiger partial charge in [0.2, 0.25) is 0 Å². The summed E-state index contributed by atoms with van der Waals surface area (Å²) >= 11 is 0. The summed E-state index contributed by atoms with van der Waals surface area (Å²) in [5.41, 5.74) is 8.52. The minimum Gasteiger partial charge on any atom is -0.369 e. The smallest absolute Gasteiger partial charge is 0.0780 e. The van der Waals surface area contributed by atoms with Gasteiger partial charge in [0.15, 0.2) is 0 Å². The number of pyridine rings is 1. The molecule has 0 saturated carbocycles. The second-order valence-corrected chi connectivity index (χ2v) is 9.56. The predicted molar refractivity (Wildman–Crippen MR) is 144 cm³/mol. The molecule has 0 amide bonds. The average molecular weight is 448 g/mol. The lowest BCUT2D eigenvalue weighted by molar-refractivity contribution is 0.169. The van der Waals surface area contributed by atoms with Gasteiger partial charge >= 0.3 is 0 Å². The zero-order valence-corrected chi connectivity index (χ0v) is 20.2. The number of fused-ring (bicyclic) bond motifs is 1. The van der Waals surface area contributed by atoms with Gasteiger partial charge in [0, 0.05) is 55.6 Å². The third-order valence-corrected chi connectivity index (χ3v) is 6.97. The average Bonchev–Trinajstić information content (AvgIpc) is 2.89. The van der Waals surface area contributed by atoms with E-state index < -0.39 is 0 Å². The van der Waals surface area contributed by atoms with Crippen molar-refractivity contribution in [3.8, 4) is 11.1 Å². The first-order chi connectivity index (χ1) is 16.6. The van der Waals surface area contributed by atoms with E-state index in [1.54, 1.807) is 0 Å². The van der Waals surface area contributed by atoms with Crippen LogP contribution in [-0.4, -0.2) is 41.0 Å². The molecule has 0 atom stereocenters. The lowest BCUT2D eigenvalue weighted by Gasteiger charge is -2.37. The largest absolute Gasteiger partial charge is 0.369 e. The molecule has 0 aliphatic carbocycles. The highest BCUT2D eigenvalue weighted by molar-refractivity contribution is 5.93. The monoisotopic (exact) mass is 447 g/mol. The summed E-state index contributed by atoms with van der Waals surface area (Å²) in [5.74, 6) is 0.585. The van der Waals surface area contributed by atoms with Crippen molar-refractivity contribution in [2.75, 3.05) is 26.2 Å². The number of nitrogens with zero attached hydrogens (tertiary/aromatic N) is 3. The molecule has 172 valence electrons. The van der Waals surface area contributed by atoms with E-state index in [2.05, 4.69) is 108 Å². The number of para-hydroxylation sites is 1. The van der Waals surface area contributed by atoms with Crippen LogP contribution < -0.4 is 0 Å². The molecule has 5 rings (SSSR count). The van der Waals surface area contributed by atoms with E-state index in [9.17, 15) is 0 Å². The summed E-state index contributed by atoms with van der Waals surface area (Å²) < 4.78 is 0. The van der Waals surface area contributed by atoms with Crippen molar-refractivity contribution in [3.63, 3.8) is 0 Å². The zero-order valence-electron chi connectivity index (χ0n) is 20.2. The fraction of sp³-hybridized carbons (Fsp3) is 0.258. The Morgan fingerprint density at radius 1 is 0.853 bits per heavy atom. The van der Waals surface area contributed by atoms with E-state index in [0.717, 1.165) is 43.9 Å². The van der Waals surface area contributed by atoms with Crippen molar-refractivity contribution < 1.29 is 0 Å². The molecule has 3 nitrogen and oxygen atoms in total. The van der Waals surface area contributed by atoms with Crippen molar-refractivity contribution in [1.29, 1.82) is 0 Å². The maximum atomic E-state index is 4.61. The lowest BCUT2D eigenvalue weighted by atomic mass is 10.00. The van der Waals surface area contributed by atoms with Crippen LogP contribution in [0.5, 0.6) is 0 Å². The standard InChI is InChI=1S/C31H33N3/c1-23(2)26-11-9-25(10-12-26)22-33-18-20-34(21-19-33)24(3)27-13-15-28(16-14-27)30-8-4-6-29-7-5-17-32-31(29)30/h4-17,23H,3,18-22H2,1-2H3. The zero-order chi connectivity index (χ0) is 23.5. The van der Waals surface area contributed by atoms with Crippen LogP contribution in [0.3, 0.4) is 0 Å². The van der Waals surface area contributed by atoms with Gasteiger partial charge in [-0.2, -0.15) is 0 Å². The first-order valence-electron chi connectivity index (χ1n) is 12.3. The number of aromatic nitrogens is 1. The van der Waals surface area contributed by atoms with Gasteiger partial charge in [-0.25, -0.2) is 0 Å². The van der Waals surface area contributed by atoms with Crippen molar-refractivity contribution in [1.82, 2.24) is 14.8 Å². The normalized spacial score (nSPS) is 14.6. The van der Waals surface area contributed by atoms with Crippen LogP contribution in [0.15, 0.2) is 91.6 Å². The minimum absolute atomic E-state index is 0.585. The van der Waals surface area contributed by atoms with Crippen LogP contribution in [-0.2, 0) is 6.54 Å². The fourth-order valence-corrected chi connectivity index (χ4v) is 4.80. The Balaban J connectivity index is 1.21. The Labute approximate surface area is 203 Å². The molecule has 1 aromatic heterocycles. The molecule has 1 aliphatic rings. The summed E-state index contributed by atoms with van der Waals surface area (Å²) in [6.07, 6.45) is 1.86. The molecule has 0 radical (unpaired) electrons. The molecule has 3 heteroatoms. The van der Waals surface area contributed by atoms with E-state index in [1.165, 1.54) is 33.2 Å². The molecule has 1 saturated heterocycles. The third kappa shape index (κ3) is 4.76. The molecule has 0 N–H and O–H groups in total. The summed E-state index contributed by atoms with van der Waals surface area (Å²) in [6.45, 7) is 14.1. The maximum Gasteiger partial charge on any atom is 0.0780 e. The van der Waals surface area contributed by atoms with Gasteiger partial charge in [-0.1, -0.05) is 93.2 Å². The van der Waals surface area contributed by atoms with Gasteiger partial charge in [-0.05, 0) is 34.2 Å². The predicted octanol–water partition coefficient (Wildman–Crippen LogP) is 6.81. The molecule has 34 heavy (non-hydrogen) atoms. The fourth-order valence-electron chi connectivity index (χ4n) is 4.80. The number of hydrogen-bond donors (Lipinski definition) is 0. The highest BCUT2D eigenvalue weighted by Gasteiger charge is 2.19. The van der Waals surface area contributed by atoms with E-state index in [1.807, 2.05) is 12.3 Å². The second-order valence-electron chi connectivity index (χ2n) is 9.56. The van der Waals surface area contributed by atoms with E-state index in [4.69, 9.17) is 0 Å². The van der Waals surface area contributed by atoms with Crippen LogP contribution in [0.4, 0.5) is 0 Å². The molecule has 4 aromatic rings. The summed E-state index contributed by atoms with van der Waals surface area (Å²) in [5, 5.41) is 1.17. The molecule has 1 fully saturated rings. The van der Waals surface area contributed by atoms with Crippen LogP contribution >= 0.6 is 0 Å². The highest BCUT2D eigenvalue weighted by Crippen LogP contribution is 2.29.